The molecular weight excluding hydrogens is 276 g/mol. The van der Waals surface area contributed by atoms with Gasteiger partial charge in [-0.25, -0.2) is 4.79 Å². The largest absolute Gasteiger partial charge is 0.323 e. The van der Waals surface area contributed by atoms with E-state index in [1.165, 1.54) is 12.5 Å². The standard InChI is InChI=1S/C18H20N2O2/c1-3-5-14-8-10-16(11-9-14)19-18(22)20-17-7-4-6-15(12-17)13(2)21/h4,6-12H,3,5H2,1-2H3,(H2,19,20,22). The highest BCUT2D eigenvalue weighted by molar-refractivity contribution is 6.01. The summed E-state index contributed by atoms with van der Waals surface area (Å²) in [6.07, 6.45) is 2.13. The lowest BCUT2D eigenvalue weighted by molar-refractivity contribution is 0.101. The van der Waals surface area contributed by atoms with Crippen LogP contribution in [-0.4, -0.2) is 11.8 Å². The number of anilines is 2. The molecule has 0 aliphatic rings. The maximum Gasteiger partial charge on any atom is 0.323 e. The third kappa shape index (κ3) is 4.45. The van der Waals surface area contributed by atoms with Crippen LogP contribution in [0.1, 0.15) is 36.2 Å². The number of carbonyl (C=O) groups excluding carboxylic acids is 2. The van der Waals surface area contributed by atoms with E-state index in [9.17, 15) is 9.59 Å². The number of hydrogen-bond acceptors (Lipinski definition) is 2. The zero-order valence-electron chi connectivity index (χ0n) is 12.8. The van der Waals surface area contributed by atoms with Gasteiger partial charge >= 0.3 is 6.03 Å². The first-order valence-corrected chi connectivity index (χ1v) is 7.36. The number of rotatable bonds is 5. The first-order chi connectivity index (χ1) is 10.6. The highest BCUT2D eigenvalue weighted by Crippen LogP contribution is 2.14. The van der Waals surface area contributed by atoms with Gasteiger partial charge in [0.15, 0.2) is 5.78 Å². The van der Waals surface area contributed by atoms with Gasteiger partial charge in [0, 0.05) is 16.9 Å². The lowest BCUT2D eigenvalue weighted by Gasteiger charge is -2.09. The molecule has 0 aliphatic heterocycles. The van der Waals surface area contributed by atoms with E-state index in [4.69, 9.17) is 0 Å². The van der Waals surface area contributed by atoms with Gasteiger partial charge in [-0.15, -0.1) is 0 Å². The molecular formula is C18H20N2O2. The van der Waals surface area contributed by atoms with Gasteiger partial charge in [-0.1, -0.05) is 37.6 Å². The van der Waals surface area contributed by atoms with Gasteiger partial charge < -0.3 is 10.6 Å². The van der Waals surface area contributed by atoms with Crippen molar-refractivity contribution in [2.75, 3.05) is 10.6 Å². The Bertz CT molecular complexity index is 663. The monoisotopic (exact) mass is 296 g/mol. The summed E-state index contributed by atoms with van der Waals surface area (Å²) in [7, 11) is 0. The van der Waals surface area contributed by atoms with Crippen molar-refractivity contribution in [3.63, 3.8) is 0 Å². The van der Waals surface area contributed by atoms with Crippen LogP contribution in [0, 0.1) is 0 Å². The highest BCUT2D eigenvalue weighted by atomic mass is 16.2. The SMILES string of the molecule is CCCc1ccc(NC(=O)Nc2cccc(C(C)=O)c2)cc1. The number of nitrogens with one attached hydrogen (secondary N) is 2. The second kappa shape index (κ2) is 7.41. The van der Waals surface area contributed by atoms with E-state index in [0.717, 1.165) is 18.5 Å². The second-order valence-corrected chi connectivity index (χ2v) is 5.16. The van der Waals surface area contributed by atoms with Crippen LogP contribution >= 0.6 is 0 Å². The maximum absolute atomic E-state index is 12.0. The van der Waals surface area contributed by atoms with Crippen molar-refractivity contribution >= 4 is 23.2 Å². The van der Waals surface area contributed by atoms with Crippen LogP contribution in [0.3, 0.4) is 0 Å². The minimum Gasteiger partial charge on any atom is -0.308 e. The van der Waals surface area contributed by atoms with E-state index in [2.05, 4.69) is 17.6 Å². The van der Waals surface area contributed by atoms with Crippen molar-refractivity contribution in [1.29, 1.82) is 0 Å². The minimum atomic E-state index is -0.330. The van der Waals surface area contributed by atoms with Crippen molar-refractivity contribution in [3.8, 4) is 0 Å². The van der Waals surface area contributed by atoms with Crippen LogP contribution in [-0.2, 0) is 6.42 Å². The van der Waals surface area contributed by atoms with E-state index in [-0.39, 0.29) is 11.8 Å². The Morgan fingerprint density at radius 3 is 2.27 bits per heavy atom. The van der Waals surface area contributed by atoms with E-state index < -0.39 is 0 Å². The Balaban J connectivity index is 1.97. The summed E-state index contributed by atoms with van der Waals surface area (Å²) in [4.78, 5) is 23.3. The predicted molar refractivity (Wildman–Crippen MR) is 89.5 cm³/mol. The number of amides is 2. The summed E-state index contributed by atoms with van der Waals surface area (Å²) < 4.78 is 0. The fourth-order valence-corrected chi connectivity index (χ4v) is 2.15. The molecule has 0 heterocycles. The third-order valence-electron chi connectivity index (χ3n) is 3.28. The molecule has 2 aromatic rings. The molecule has 0 radical (unpaired) electrons. The number of carbonyl (C=O) groups is 2. The van der Waals surface area contributed by atoms with Crippen LogP contribution in [0.5, 0.6) is 0 Å². The molecule has 0 bridgehead atoms. The minimum absolute atomic E-state index is 0.0319. The molecule has 4 heteroatoms. The molecule has 4 nitrogen and oxygen atoms in total. The Labute approximate surface area is 130 Å². The van der Waals surface area contributed by atoms with E-state index in [1.54, 1.807) is 24.3 Å². The Hall–Kier alpha value is -2.62. The lowest BCUT2D eigenvalue weighted by atomic mass is 10.1. The number of ketones is 1. The van der Waals surface area contributed by atoms with E-state index in [0.29, 0.717) is 11.3 Å². The van der Waals surface area contributed by atoms with Gasteiger partial charge in [0.1, 0.15) is 0 Å². The highest BCUT2D eigenvalue weighted by Gasteiger charge is 2.05. The smallest absolute Gasteiger partial charge is 0.308 e. The topological polar surface area (TPSA) is 58.2 Å². The Morgan fingerprint density at radius 2 is 1.64 bits per heavy atom. The molecule has 0 saturated carbocycles. The molecule has 0 unspecified atom stereocenters. The average molecular weight is 296 g/mol. The van der Waals surface area contributed by atoms with Crippen molar-refractivity contribution in [2.24, 2.45) is 0 Å². The molecule has 2 aromatic carbocycles. The fraction of sp³-hybridized carbons (Fsp3) is 0.222. The quantitative estimate of drug-likeness (QED) is 0.799. The number of urea groups is 1. The molecule has 0 fully saturated rings. The summed E-state index contributed by atoms with van der Waals surface area (Å²) in [5.41, 5.74) is 3.15. The van der Waals surface area contributed by atoms with Crippen molar-refractivity contribution in [2.45, 2.75) is 26.7 Å². The Morgan fingerprint density at radius 1 is 0.955 bits per heavy atom. The summed E-state index contributed by atoms with van der Waals surface area (Å²) in [5, 5.41) is 5.50. The first-order valence-electron chi connectivity index (χ1n) is 7.36. The number of aryl methyl sites for hydroxylation is 1. The summed E-state index contributed by atoms with van der Waals surface area (Å²) in [6.45, 7) is 3.63. The van der Waals surface area contributed by atoms with Crippen molar-refractivity contribution in [3.05, 3.63) is 59.7 Å². The van der Waals surface area contributed by atoms with Crippen LogP contribution in [0.2, 0.25) is 0 Å². The maximum atomic E-state index is 12.0. The van der Waals surface area contributed by atoms with Gasteiger partial charge in [0.25, 0.3) is 0 Å². The molecule has 2 N–H and O–H groups in total. The molecule has 2 amide bonds. The lowest BCUT2D eigenvalue weighted by Crippen LogP contribution is -2.19. The Kier molecular flexibility index (Phi) is 5.31. The fourth-order valence-electron chi connectivity index (χ4n) is 2.15. The van der Waals surface area contributed by atoms with Gasteiger partial charge in [-0.2, -0.15) is 0 Å². The number of Topliss-reactive ketones (excluding diaryl/α,β-unsaturated/α-hetero) is 1. The van der Waals surface area contributed by atoms with Gasteiger partial charge in [0.2, 0.25) is 0 Å². The van der Waals surface area contributed by atoms with Crippen molar-refractivity contribution in [1.82, 2.24) is 0 Å². The van der Waals surface area contributed by atoms with Crippen LogP contribution < -0.4 is 10.6 Å². The summed E-state index contributed by atoms with van der Waals surface area (Å²) in [6, 6.07) is 14.3. The molecule has 0 aliphatic carbocycles. The van der Waals surface area contributed by atoms with Crippen molar-refractivity contribution < 1.29 is 9.59 Å². The molecule has 0 saturated heterocycles. The number of benzene rings is 2. The van der Waals surface area contributed by atoms with Crippen LogP contribution in [0.4, 0.5) is 16.2 Å². The van der Waals surface area contributed by atoms with Crippen LogP contribution in [0.25, 0.3) is 0 Å². The summed E-state index contributed by atoms with van der Waals surface area (Å²) in [5.74, 6) is -0.0319. The van der Waals surface area contributed by atoms with E-state index >= 15 is 0 Å². The molecule has 0 atom stereocenters. The number of hydrogen-bond donors (Lipinski definition) is 2. The second-order valence-electron chi connectivity index (χ2n) is 5.16. The molecule has 22 heavy (non-hydrogen) atoms. The molecule has 2 rings (SSSR count). The normalized spacial score (nSPS) is 10.1. The summed E-state index contributed by atoms with van der Waals surface area (Å²) >= 11 is 0. The average Bonchev–Trinajstić information content (AvgIpc) is 2.49. The zero-order valence-corrected chi connectivity index (χ0v) is 12.8. The molecule has 0 spiro atoms. The van der Waals surface area contributed by atoms with Gasteiger partial charge in [-0.05, 0) is 43.2 Å². The van der Waals surface area contributed by atoms with Gasteiger partial charge in [0.05, 0.1) is 0 Å². The molecule has 0 aromatic heterocycles. The predicted octanol–water partition coefficient (Wildman–Crippen LogP) is 4.49. The zero-order chi connectivity index (χ0) is 15.9. The first kappa shape index (κ1) is 15.8. The molecule has 114 valence electrons. The van der Waals surface area contributed by atoms with Crippen LogP contribution in [0.15, 0.2) is 48.5 Å². The van der Waals surface area contributed by atoms with E-state index in [1.807, 2.05) is 24.3 Å². The third-order valence-corrected chi connectivity index (χ3v) is 3.28. The van der Waals surface area contributed by atoms with Gasteiger partial charge in [-0.3, -0.25) is 4.79 Å².